The molecule has 1 atom stereocenters. The van der Waals surface area contributed by atoms with E-state index in [2.05, 4.69) is 37.5 Å². The lowest BCUT2D eigenvalue weighted by atomic mass is 10.1. The fourth-order valence-corrected chi connectivity index (χ4v) is 4.64. The van der Waals surface area contributed by atoms with Crippen LogP contribution in [-0.4, -0.2) is 54.6 Å². The number of thioether (sulfide) groups is 1. The largest absolute Gasteiger partial charge is 0.408 e. The van der Waals surface area contributed by atoms with Gasteiger partial charge in [0, 0.05) is 16.6 Å². The summed E-state index contributed by atoms with van der Waals surface area (Å²) < 4.78 is 7.47. The van der Waals surface area contributed by atoms with Crippen molar-refractivity contribution in [2.45, 2.75) is 57.1 Å². The summed E-state index contributed by atoms with van der Waals surface area (Å²) in [6.07, 6.45) is 3.65. The van der Waals surface area contributed by atoms with Gasteiger partial charge in [0.2, 0.25) is 11.8 Å². The van der Waals surface area contributed by atoms with Crippen LogP contribution < -0.4 is 5.32 Å². The molecule has 176 valence electrons. The Morgan fingerprint density at radius 1 is 1.09 bits per heavy atom. The summed E-state index contributed by atoms with van der Waals surface area (Å²) in [5.41, 5.74) is 0.907. The van der Waals surface area contributed by atoms with Crippen LogP contribution in [0.15, 0.2) is 33.8 Å². The fraction of sp³-hybridized carbons (Fsp3) is 0.500. The Kier molecular flexibility index (Phi) is 7.67. The van der Waals surface area contributed by atoms with E-state index in [9.17, 15) is 4.79 Å². The number of nitrogens with zero attached hydrogens (tertiary/aromatic N) is 6. The Hall–Kier alpha value is -2.43. The number of benzene rings is 1. The molecule has 1 aromatic carbocycles. The minimum Gasteiger partial charge on any atom is -0.408 e. The number of carbonyl (C=O) groups is 1. The summed E-state index contributed by atoms with van der Waals surface area (Å²) in [5, 5.41) is 20.7. The first kappa shape index (κ1) is 23.7. The van der Waals surface area contributed by atoms with Crippen molar-refractivity contribution in [3.05, 3.63) is 41.0 Å². The van der Waals surface area contributed by atoms with Crippen LogP contribution in [-0.2, 0) is 4.79 Å². The first-order valence-corrected chi connectivity index (χ1v) is 12.5. The molecule has 2 aromatic heterocycles. The maximum absolute atomic E-state index is 12.5. The van der Waals surface area contributed by atoms with Crippen LogP contribution in [0.2, 0.25) is 5.02 Å². The molecule has 1 aliphatic rings. The van der Waals surface area contributed by atoms with Gasteiger partial charge in [-0.25, -0.2) is 0 Å². The van der Waals surface area contributed by atoms with E-state index in [0.29, 0.717) is 16.1 Å². The molecule has 1 unspecified atom stereocenters. The van der Waals surface area contributed by atoms with Crippen LogP contribution in [0.4, 0.5) is 6.01 Å². The van der Waals surface area contributed by atoms with Gasteiger partial charge in [0.15, 0.2) is 11.0 Å². The Morgan fingerprint density at radius 2 is 1.82 bits per heavy atom. The molecule has 0 spiro atoms. The number of nitrogens with one attached hydrogen (secondary N) is 1. The molecule has 0 saturated carbocycles. The molecule has 3 aromatic rings. The summed E-state index contributed by atoms with van der Waals surface area (Å²) in [6.45, 7) is 8.14. The molecule has 0 bridgehead atoms. The van der Waals surface area contributed by atoms with E-state index in [-0.39, 0.29) is 29.6 Å². The minimum absolute atomic E-state index is 0.0933. The molecule has 1 aliphatic heterocycles. The van der Waals surface area contributed by atoms with Gasteiger partial charge in [0.05, 0.1) is 11.8 Å². The van der Waals surface area contributed by atoms with E-state index in [4.69, 9.17) is 16.0 Å². The molecule has 4 rings (SSSR count). The van der Waals surface area contributed by atoms with Gasteiger partial charge in [-0.2, -0.15) is 0 Å². The molecule has 3 heterocycles. The highest BCUT2D eigenvalue weighted by Crippen LogP contribution is 2.30. The van der Waals surface area contributed by atoms with Crippen LogP contribution in [0, 0.1) is 0 Å². The molecule has 1 amide bonds. The number of amides is 1. The topological polar surface area (TPSA) is 102 Å². The Balaban J connectivity index is 1.52. The maximum Gasteiger partial charge on any atom is 0.322 e. The number of halogens is 1. The number of rotatable bonds is 8. The van der Waals surface area contributed by atoms with Crippen molar-refractivity contribution >= 4 is 35.3 Å². The predicted molar refractivity (Wildman–Crippen MR) is 128 cm³/mol. The second-order valence-electron chi connectivity index (χ2n) is 8.36. The number of hydrogen-bond acceptors (Lipinski definition) is 8. The first-order chi connectivity index (χ1) is 15.9. The monoisotopic (exact) mass is 489 g/mol. The van der Waals surface area contributed by atoms with Gasteiger partial charge in [-0.3, -0.25) is 19.6 Å². The van der Waals surface area contributed by atoms with Gasteiger partial charge < -0.3 is 4.42 Å². The number of anilines is 1. The number of aromatic nitrogens is 5. The maximum atomic E-state index is 12.5. The van der Waals surface area contributed by atoms with Gasteiger partial charge in [-0.05, 0) is 57.1 Å². The summed E-state index contributed by atoms with van der Waals surface area (Å²) in [5.74, 6) is 1.30. The molecule has 0 aliphatic carbocycles. The first-order valence-electron chi connectivity index (χ1n) is 11.1. The second-order valence-corrected chi connectivity index (χ2v) is 9.74. The van der Waals surface area contributed by atoms with Gasteiger partial charge in [-0.1, -0.05) is 48.7 Å². The highest BCUT2D eigenvalue weighted by atomic mass is 35.5. The third-order valence-electron chi connectivity index (χ3n) is 5.57. The summed E-state index contributed by atoms with van der Waals surface area (Å²) in [7, 11) is 0. The molecule has 1 fully saturated rings. The SMILES string of the molecule is CC(C)c1nnc(NC(=O)CSc2nnc(C(C)N3CCCCC3)n2-c2ccc(Cl)cc2)o1. The predicted octanol–water partition coefficient (Wildman–Crippen LogP) is 4.70. The van der Waals surface area contributed by atoms with Crippen molar-refractivity contribution in [3.8, 4) is 5.69 Å². The van der Waals surface area contributed by atoms with Crippen LogP contribution >= 0.6 is 23.4 Å². The minimum atomic E-state index is -0.254. The van der Waals surface area contributed by atoms with Crippen molar-refractivity contribution < 1.29 is 9.21 Å². The number of likely N-dealkylation sites (tertiary alicyclic amines) is 1. The highest BCUT2D eigenvalue weighted by molar-refractivity contribution is 7.99. The summed E-state index contributed by atoms with van der Waals surface area (Å²) in [4.78, 5) is 14.9. The van der Waals surface area contributed by atoms with E-state index in [1.165, 1.54) is 31.0 Å². The third kappa shape index (κ3) is 5.74. The standard InChI is InChI=1S/C22H28ClN7O2S/c1-14(2)20-26-27-21(32-20)24-18(31)13-33-22-28-25-19(15(3)29-11-5-4-6-12-29)30(22)17-9-7-16(23)8-10-17/h7-10,14-15H,4-6,11-13H2,1-3H3,(H,24,27,31). The van der Waals surface area contributed by atoms with E-state index in [1.807, 2.05) is 42.7 Å². The van der Waals surface area contributed by atoms with Gasteiger partial charge in [-0.15, -0.1) is 15.3 Å². The van der Waals surface area contributed by atoms with Crippen molar-refractivity contribution in [1.82, 2.24) is 29.9 Å². The quantitative estimate of drug-likeness (QED) is 0.454. The highest BCUT2D eigenvalue weighted by Gasteiger charge is 2.26. The van der Waals surface area contributed by atoms with Crippen LogP contribution in [0.3, 0.4) is 0 Å². The molecule has 0 radical (unpaired) electrons. The van der Waals surface area contributed by atoms with Crippen LogP contribution in [0.25, 0.3) is 5.69 Å². The van der Waals surface area contributed by atoms with Crippen molar-refractivity contribution in [2.75, 3.05) is 24.2 Å². The molecule has 33 heavy (non-hydrogen) atoms. The van der Waals surface area contributed by atoms with Crippen LogP contribution in [0.1, 0.15) is 63.7 Å². The second kappa shape index (κ2) is 10.7. The van der Waals surface area contributed by atoms with Crippen molar-refractivity contribution in [1.29, 1.82) is 0 Å². The smallest absolute Gasteiger partial charge is 0.322 e. The zero-order valence-corrected chi connectivity index (χ0v) is 20.6. The summed E-state index contributed by atoms with van der Waals surface area (Å²) >= 11 is 7.42. The molecule has 1 saturated heterocycles. The average Bonchev–Trinajstić information content (AvgIpc) is 3.46. The number of piperidine rings is 1. The fourth-order valence-electron chi connectivity index (χ4n) is 3.75. The third-order valence-corrected chi connectivity index (χ3v) is 6.75. The lowest BCUT2D eigenvalue weighted by Crippen LogP contribution is -2.33. The van der Waals surface area contributed by atoms with E-state index < -0.39 is 0 Å². The number of hydrogen-bond donors (Lipinski definition) is 1. The summed E-state index contributed by atoms with van der Waals surface area (Å²) in [6, 6.07) is 7.76. The lowest BCUT2D eigenvalue weighted by Gasteiger charge is -2.31. The van der Waals surface area contributed by atoms with Gasteiger partial charge >= 0.3 is 6.01 Å². The zero-order valence-electron chi connectivity index (χ0n) is 19.0. The number of carbonyl (C=O) groups excluding carboxylic acids is 1. The van der Waals surface area contributed by atoms with Crippen LogP contribution in [0.5, 0.6) is 0 Å². The Bertz CT molecular complexity index is 1080. The molecular weight excluding hydrogens is 462 g/mol. The van der Waals surface area contributed by atoms with Gasteiger partial charge in [0.1, 0.15) is 0 Å². The molecule has 9 nitrogen and oxygen atoms in total. The lowest BCUT2D eigenvalue weighted by molar-refractivity contribution is -0.113. The Morgan fingerprint density at radius 3 is 2.48 bits per heavy atom. The Labute approximate surface area is 202 Å². The van der Waals surface area contributed by atoms with E-state index >= 15 is 0 Å². The van der Waals surface area contributed by atoms with E-state index in [0.717, 1.165) is 24.6 Å². The van der Waals surface area contributed by atoms with Crippen molar-refractivity contribution in [3.63, 3.8) is 0 Å². The average molecular weight is 490 g/mol. The van der Waals surface area contributed by atoms with Gasteiger partial charge in [0.25, 0.3) is 0 Å². The van der Waals surface area contributed by atoms with Crippen molar-refractivity contribution in [2.24, 2.45) is 0 Å². The molecular formula is C22H28ClN7O2S. The zero-order chi connectivity index (χ0) is 23.4. The normalized spacial score (nSPS) is 15.7. The molecule has 11 heteroatoms. The molecule has 1 N–H and O–H groups in total. The van der Waals surface area contributed by atoms with E-state index in [1.54, 1.807) is 0 Å².